The Morgan fingerprint density at radius 2 is 1.09 bits per heavy atom. The lowest BCUT2D eigenvalue weighted by Crippen LogP contribution is -2.05. The van der Waals surface area contributed by atoms with E-state index in [9.17, 15) is 0 Å². The molecule has 0 amide bonds. The van der Waals surface area contributed by atoms with Crippen LogP contribution < -0.4 is 22.5 Å². The minimum Gasteiger partial charge on any atom is -0.333 e. The Morgan fingerprint density at radius 1 is 0.788 bits per heavy atom. The van der Waals surface area contributed by atoms with Crippen LogP contribution in [0.1, 0.15) is 36.8 Å². The second-order valence-electron chi connectivity index (χ2n) is 5.71. The molecule has 0 heterocycles. The van der Waals surface area contributed by atoms with E-state index < -0.39 is 0 Å². The van der Waals surface area contributed by atoms with Gasteiger partial charge in [-0.2, -0.15) is 10.5 Å². The fourth-order valence-electron chi connectivity index (χ4n) is 1.25. The Bertz CT molecular complexity index is 589. The normalized spacial score (nSPS) is 8.21. The van der Waals surface area contributed by atoms with Crippen LogP contribution in [0.4, 0.5) is 0 Å². The number of allylic oxidation sites excluding steroid dienone is 1. The Hall–Kier alpha value is -3.00. The van der Waals surface area contributed by atoms with Crippen molar-refractivity contribution in [3.63, 3.8) is 0 Å². The number of rotatable bonds is 2. The quantitative estimate of drug-likeness (QED) is 0.382. The molecule has 0 spiro atoms. The molecular formula is C27H48N6. The van der Waals surface area contributed by atoms with Gasteiger partial charge < -0.3 is 22.5 Å². The summed E-state index contributed by atoms with van der Waals surface area (Å²) in [6.07, 6.45) is 6.29. The molecule has 1 aliphatic rings. The highest BCUT2D eigenvalue weighted by atomic mass is 14.8. The van der Waals surface area contributed by atoms with E-state index in [1.807, 2.05) is 49.5 Å². The van der Waals surface area contributed by atoms with Gasteiger partial charge in [0.15, 0.2) is 0 Å². The molecule has 186 valence electrons. The molecule has 2 aromatic carbocycles. The average molecular weight is 457 g/mol. The van der Waals surface area contributed by atoms with Crippen LogP contribution in [-0.2, 0) is 0 Å². The molecule has 1 aliphatic carbocycles. The fourth-order valence-corrected chi connectivity index (χ4v) is 1.25. The van der Waals surface area contributed by atoms with E-state index in [2.05, 4.69) is 67.2 Å². The summed E-state index contributed by atoms with van der Waals surface area (Å²) in [5.74, 6) is 0. The first-order valence-electron chi connectivity index (χ1n) is 10.9. The largest absolute Gasteiger partial charge is 0.333 e. The molecule has 0 aliphatic heterocycles. The van der Waals surface area contributed by atoms with Crippen molar-refractivity contribution in [3.05, 3.63) is 84.4 Å². The zero-order valence-electron chi connectivity index (χ0n) is 21.7. The molecule has 0 atom stereocenters. The first-order chi connectivity index (χ1) is 16.1. The molecular weight excluding hydrogens is 408 g/mol. The lowest BCUT2D eigenvalue weighted by Gasteiger charge is -1.82. The Balaban J connectivity index is -0.0000000956. The van der Waals surface area contributed by atoms with Crippen molar-refractivity contribution in [2.45, 2.75) is 39.5 Å². The van der Waals surface area contributed by atoms with Crippen LogP contribution >= 0.6 is 0 Å². The zero-order chi connectivity index (χ0) is 26.6. The van der Waals surface area contributed by atoms with Crippen molar-refractivity contribution in [1.29, 1.82) is 10.5 Å². The third kappa shape index (κ3) is 65.2. The second kappa shape index (κ2) is 47.0. The summed E-state index contributed by atoms with van der Waals surface area (Å²) in [5.41, 5.74) is 16.1. The number of nitrogens with two attached hydrogens (primary N) is 3. The standard InChI is InChI=1S/2C7H8.C4H8N2.C3H3N.C3H6.3CH5N/c2*1-7-5-3-2-4-6-7;1-6-4-2-3-5;1-2-3-4;1-2-3-1;3*1-2/h2*2-6H,1H3;6H,2,4H2,1H3;2H,1H2;1-3H2;3*2H2,1H3. The van der Waals surface area contributed by atoms with E-state index in [-0.39, 0.29) is 0 Å². The van der Waals surface area contributed by atoms with Gasteiger partial charge in [0, 0.05) is 19.0 Å². The molecule has 0 unspecified atom stereocenters. The van der Waals surface area contributed by atoms with Gasteiger partial charge in [0.2, 0.25) is 0 Å². The van der Waals surface area contributed by atoms with Gasteiger partial charge in [-0.1, -0.05) is 97.6 Å². The minimum absolute atomic E-state index is 0.608. The van der Waals surface area contributed by atoms with E-state index in [1.54, 1.807) is 6.07 Å². The van der Waals surface area contributed by atoms with Crippen molar-refractivity contribution < 1.29 is 0 Å². The summed E-state index contributed by atoms with van der Waals surface area (Å²) < 4.78 is 0. The fraction of sp³-hybridized carbons (Fsp3) is 0.407. The van der Waals surface area contributed by atoms with Gasteiger partial charge in [-0.15, -0.1) is 0 Å². The van der Waals surface area contributed by atoms with Crippen molar-refractivity contribution in [2.75, 3.05) is 34.7 Å². The molecule has 1 fully saturated rings. The maximum absolute atomic E-state index is 7.91. The van der Waals surface area contributed by atoms with Gasteiger partial charge in [-0.3, -0.25) is 0 Å². The van der Waals surface area contributed by atoms with Gasteiger partial charge in [0.25, 0.3) is 0 Å². The highest BCUT2D eigenvalue weighted by Gasteiger charge is 1.95. The molecule has 6 heteroatoms. The first-order valence-corrected chi connectivity index (χ1v) is 10.9. The lowest BCUT2D eigenvalue weighted by molar-refractivity contribution is 0.813. The van der Waals surface area contributed by atoms with Crippen molar-refractivity contribution in [3.8, 4) is 12.1 Å². The molecule has 1 saturated carbocycles. The van der Waals surface area contributed by atoms with Crippen molar-refractivity contribution in [1.82, 2.24) is 5.32 Å². The Kier molecular flexibility index (Phi) is 57.5. The van der Waals surface area contributed by atoms with Crippen LogP contribution in [0.15, 0.2) is 73.3 Å². The van der Waals surface area contributed by atoms with Crippen LogP contribution in [0.25, 0.3) is 0 Å². The number of nitrogens with one attached hydrogen (secondary N) is 1. The molecule has 0 saturated heterocycles. The number of nitrogens with zero attached hydrogens (tertiary/aromatic N) is 2. The minimum atomic E-state index is 0.608. The number of benzene rings is 2. The number of nitriles is 2. The molecule has 0 radical (unpaired) electrons. The smallest absolute Gasteiger partial charge is 0.0905 e. The van der Waals surface area contributed by atoms with Gasteiger partial charge in [0.05, 0.1) is 12.1 Å². The topological polar surface area (TPSA) is 138 Å². The number of aryl methyl sites for hydroxylation is 2. The highest BCUT2D eigenvalue weighted by molar-refractivity contribution is 5.12. The third-order valence-electron chi connectivity index (χ3n) is 2.81. The Labute approximate surface area is 204 Å². The van der Waals surface area contributed by atoms with Crippen molar-refractivity contribution in [2.24, 2.45) is 17.2 Å². The van der Waals surface area contributed by atoms with Crippen molar-refractivity contribution >= 4 is 0 Å². The third-order valence-corrected chi connectivity index (χ3v) is 2.81. The van der Waals surface area contributed by atoms with E-state index in [0.717, 1.165) is 6.54 Å². The summed E-state index contributed by atoms with van der Waals surface area (Å²) in [6.45, 7) is 8.09. The molecule has 0 bridgehead atoms. The van der Waals surface area contributed by atoms with Crippen LogP contribution in [0.5, 0.6) is 0 Å². The summed E-state index contributed by atoms with van der Waals surface area (Å²) in [4.78, 5) is 0. The van der Waals surface area contributed by atoms with E-state index in [1.165, 1.54) is 57.6 Å². The SMILES string of the molecule is C1CC1.C=CC#N.CN.CN.CN.CNCCC#N.Cc1ccccc1.Cc1ccccc1. The second-order valence-corrected chi connectivity index (χ2v) is 5.71. The maximum atomic E-state index is 7.91. The molecule has 33 heavy (non-hydrogen) atoms. The molecule has 3 rings (SSSR count). The summed E-state index contributed by atoms with van der Waals surface area (Å²) in [7, 11) is 6.33. The van der Waals surface area contributed by atoms with Crippen LogP contribution in [0.2, 0.25) is 0 Å². The summed E-state index contributed by atoms with van der Waals surface area (Å²) in [6, 6.07) is 24.2. The van der Waals surface area contributed by atoms with Gasteiger partial charge in [-0.05, 0) is 42.0 Å². The highest BCUT2D eigenvalue weighted by Crippen LogP contribution is 2.14. The first kappa shape index (κ1) is 40.4. The predicted octanol–water partition coefficient (Wildman–Crippen LogP) is 4.70. The zero-order valence-corrected chi connectivity index (χ0v) is 21.7. The lowest BCUT2D eigenvalue weighted by atomic mass is 10.2. The van der Waals surface area contributed by atoms with E-state index >= 15 is 0 Å². The van der Waals surface area contributed by atoms with Gasteiger partial charge in [-0.25, -0.2) is 0 Å². The van der Waals surface area contributed by atoms with Crippen LogP contribution in [-0.4, -0.2) is 34.7 Å². The van der Waals surface area contributed by atoms with E-state index in [4.69, 9.17) is 10.5 Å². The van der Waals surface area contributed by atoms with Gasteiger partial charge >= 0.3 is 0 Å². The Morgan fingerprint density at radius 3 is 1.18 bits per heavy atom. The van der Waals surface area contributed by atoms with E-state index in [0.29, 0.717) is 6.42 Å². The molecule has 7 N–H and O–H groups in total. The van der Waals surface area contributed by atoms with Crippen LogP contribution in [0, 0.1) is 36.5 Å². The summed E-state index contributed by atoms with van der Waals surface area (Å²) >= 11 is 0. The molecule has 0 aromatic heterocycles. The number of hydrogen-bond donors (Lipinski definition) is 4. The predicted molar refractivity (Wildman–Crippen MR) is 147 cm³/mol. The maximum Gasteiger partial charge on any atom is 0.0905 e. The average Bonchev–Trinajstić information content (AvgIpc) is 3.78. The summed E-state index contributed by atoms with van der Waals surface area (Å²) in [5, 5.41) is 18.3. The molecule has 2 aromatic rings. The van der Waals surface area contributed by atoms with Gasteiger partial charge in [0.1, 0.15) is 0 Å². The van der Waals surface area contributed by atoms with Crippen LogP contribution in [0.3, 0.4) is 0 Å². The number of hydrogen-bond acceptors (Lipinski definition) is 6. The molecule has 6 nitrogen and oxygen atoms in total. The monoisotopic (exact) mass is 456 g/mol.